The van der Waals surface area contributed by atoms with Crippen molar-refractivity contribution in [3.63, 3.8) is 0 Å². The van der Waals surface area contributed by atoms with Gasteiger partial charge in [-0.05, 0) is 43.7 Å². The van der Waals surface area contributed by atoms with Crippen LogP contribution in [-0.4, -0.2) is 36.0 Å². The smallest absolute Gasteiger partial charge is 0.340 e. The molecule has 0 bridgehead atoms. The molecular formula is C27H26N2O5. The quantitative estimate of drug-likeness (QED) is 0.562. The molecule has 0 saturated carbocycles. The third-order valence-corrected chi connectivity index (χ3v) is 6.46. The van der Waals surface area contributed by atoms with Crippen LogP contribution < -0.4 is 14.2 Å². The van der Waals surface area contributed by atoms with Crippen LogP contribution in [0.2, 0.25) is 0 Å². The van der Waals surface area contributed by atoms with Gasteiger partial charge in [-0.1, -0.05) is 35.9 Å². The molecule has 0 aromatic heterocycles. The summed E-state index contributed by atoms with van der Waals surface area (Å²) in [6.45, 7) is 4.14. The molecule has 2 atom stereocenters. The molecule has 0 unspecified atom stereocenters. The molecule has 7 heteroatoms. The second-order valence-corrected chi connectivity index (χ2v) is 8.54. The molecule has 0 saturated heterocycles. The lowest BCUT2D eigenvalue weighted by molar-refractivity contribution is -0.0199. The molecular weight excluding hydrogens is 432 g/mol. The average Bonchev–Trinajstić information content (AvgIpc) is 3.29. The van der Waals surface area contributed by atoms with Crippen molar-refractivity contribution in [3.05, 3.63) is 88.0 Å². The van der Waals surface area contributed by atoms with Crippen LogP contribution in [0.3, 0.4) is 0 Å². The van der Waals surface area contributed by atoms with Gasteiger partial charge in [0, 0.05) is 23.1 Å². The summed E-state index contributed by atoms with van der Waals surface area (Å²) >= 11 is 0. The number of carboxylic acid groups (broad SMARTS) is 1. The third kappa shape index (κ3) is 3.44. The van der Waals surface area contributed by atoms with Gasteiger partial charge >= 0.3 is 5.97 Å². The molecule has 174 valence electrons. The Kier molecular flexibility index (Phi) is 5.40. The zero-order valence-corrected chi connectivity index (χ0v) is 19.5. The summed E-state index contributed by atoms with van der Waals surface area (Å²) in [6, 6.07) is 17.5. The Morgan fingerprint density at radius 1 is 1.06 bits per heavy atom. The van der Waals surface area contributed by atoms with Crippen molar-refractivity contribution >= 4 is 11.7 Å². The number of ether oxygens (including phenoxy) is 3. The summed E-state index contributed by atoms with van der Waals surface area (Å²) in [6.07, 6.45) is -0.0509. The van der Waals surface area contributed by atoms with E-state index in [2.05, 4.69) is 32.0 Å². The number of rotatable bonds is 5. The molecule has 0 fully saturated rings. The van der Waals surface area contributed by atoms with Crippen molar-refractivity contribution < 1.29 is 24.1 Å². The van der Waals surface area contributed by atoms with E-state index in [4.69, 9.17) is 19.3 Å². The first-order valence-corrected chi connectivity index (χ1v) is 11.1. The minimum absolute atomic E-state index is 0.000340. The lowest BCUT2D eigenvalue weighted by Crippen LogP contribution is -2.34. The summed E-state index contributed by atoms with van der Waals surface area (Å²) < 4.78 is 17.2. The Labute approximate surface area is 198 Å². The van der Waals surface area contributed by atoms with Crippen LogP contribution in [0, 0.1) is 13.8 Å². The zero-order valence-electron chi connectivity index (χ0n) is 19.5. The first-order chi connectivity index (χ1) is 16.4. The number of hydrazone groups is 1. The van der Waals surface area contributed by atoms with Crippen molar-refractivity contribution in [2.24, 2.45) is 5.10 Å². The zero-order chi connectivity index (χ0) is 24.0. The van der Waals surface area contributed by atoms with E-state index >= 15 is 0 Å². The number of para-hydroxylation sites is 1. The summed E-state index contributed by atoms with van der Waals surface area (Å²) in [5, 5.41) is 17.0. The number of aryl methyl sites for hydroxylation is 2. The highest BCUT2D eigenvalue weighted by Crippen LogP contribution is 2.49. The molecule has 0 radical (unpaired) electrons. The largest absolute Gasteiger partial charge is 0.493 e. The minimum Gasteiger partial charge on any atom is -0.493 e. The number of carbonyl (C=O) groups is 1. The lowest BCUT2D eigenvalue weighted by atomic mass is 9.93. The van der Waals surface area contributed by atoms with E-state index in [9.17, 15) is 9.90 Å². The summed E-state index contributed by atoms with van der Waals surface area (Å²) in [5.74, 6) is 0.0989. The van der Waals surface area contributed by atoms with Crippen LogP contribution in [-0.2, 0) is 0 Å². The second kappa shape index (κ2) is 8.41. The van der Waals surface area contributed by atoms with E-state index in [1.54, 1.807) is 12.1 Å². The first-order valence-electron chi connectivity index (χ1n) is 11.1. The Hall–Kier alpha value is -4.00. The predicted octanol–water partition coefficient (Wildman–Crippen LogP) is 5.26. The van der Waals surface area contributed by atoms with Gasteiger partial charge in [-0.25, -0.2) is 9.80 Å². The predicted molar refractivity (Wildman–Crippen MR) is 128 cm³/mol. The Balaban J connectivity index is 1.69. The lowest BCUT2D eigenvalue weighted by Gasteiger charge is -2.38. The monoisotopic (exact) mass is 458 g/mol. The number of hydrogen-bond acceptors (Lipinski definition) is 6. The van der Waals surface area contributed by atoms with E-state index in [1.165, 1.54) is 14.2 Å². The van der Waals surface area contributed by atoms with Gasteiger partial charge in [0.25, 0.3) is 0 Å². The number of benzene rings is 3. The fourth-order valence-corrected chi connectivity index (χ4v) is 4.82. The summed E-state index contributed by atoms with van der Waals surface area (Å²) in [5.41, 5.74) is 5.84. The van der Waals surface area contributed by atoms with Crippen LogP contribution in [0.4, 0.5) is 0 Å². The van der Waals surface area contributed by atoms with Crippen LogP contribution in [0.25, 0.3) is 0 Å². The van der Waals surface area contributed by atoms with Gasteiger partial charge in [0.05, 0.1) is 26.0 Å². The summed E-state index contributed by atoms with van der Waals surface area (Å²) in [7, 11) is 2.91. The molecule has 0 amide bonds. The minimum atomic E-state index is -1.12. The second-order valence-electron chi connectivity index (χ2n) is 8.54. The van der Waals surface area contributed by atoms with Gasteiger partial charge < -0.3 is 19.3 Å². The molecule has 1 N–H and O–H groups in total. The average molecular weight is 459 g/mol. The molecule has 34 heavy (non-hydrogen) atoms. The van der Waals surface area contributed by atoms with E-state index in [-0.39, 0.29) is 17.4 Å². The molecule has 7 nitrogen and oxygen atoms in total. The molecule has 0 spiro atoms. The standard InChI is InChI=1S/C27H26N2O5/c1-15-9-10-16(2)19(13-15)20-14-21-17-7-5-6-8-22(17)34-26(29(21)28-20)18-11-12-23(32-3)25(33-4)24(18)27(30)31/h5-13,21,26H,14H2,1-4H3,(H,30,31)/t21-,26+/m1/s1. The van der Waals surface area contributed by atoms with Gasteiger partial charge in [0.2, 0.25) is 6.23 Å². The van der Waals surface area contributed by atoms with Crippen molar-refractivity contribution in [2.45, 2.75) is 32.5 Å². The first kappa shape index (κ1) is 21.8. The molecule has 2 aliphatic rings. The number of aromatic carboxylic acids is 1. The topological polar surface area (TPSA) is 80.6 Å². The maximum Gasteiger partial charge on any atom is 0.340 e. The SMILES string of the molecule is COc1ccc([C@@H]2Oc3ccccc3[C@H]3CC(c4cc(C)ccc4C)=NN32)c(C(=O)O)c1OC. The Morgan fingerprint density at radius 2 is 1.85 bits per heavy atom. The van der Waals surface area contributed by atoms with Gasteiger partial charge in [0.1, 0.15) is 11.3 Å². The molecule has 0 aliphatic carbocycles. The summed E-state index contributed by atoms with van der Waals surface area (Å²) in [4.78, 5) is 12.4. The van der Waals surface area contributed by atoms with Gasteiger partial charge in [-0.2, -0.15) is 5.10 Å². The van der Waals surface area contributed by atoms with Crippen LogP contribution in [0.15, 0.2) is 59.7 Å². The Bertz CT molecular complexity index is 1320. The van der Waals surface area contributed by atoms with E-state index in [0.717, 1.165) is 33.7 Å². The highest BCUT2D eigenvalue weighted by atomic mass is 16.5. The van der Waals surface area contributed by atoms with Crippen LogP contribution in [0.1, 0.15) is 56.9 Å². The van der Waals surface area contributed by atoms with Crippen LogP contribution in [0.5, 0.6) is 17.2 Å². The van der Waals surface area contributed by atoms with E-state index in [1.807, 2.05) is 29.3 Å². The van der Waals surface area contributed by atoms with Gasteiger partial charge in [-0.3, -0.25) is 0 Å². The van der Waals surface area contributed by atoms with E-state index in [0.29, 0.717) is 17.7 Å². The van der Waals surface area contributed by atoms with Crippen molar-refractivity contribution in [1.82, 2.24) is 5.01 Å². The molecule has 2 aliphatic heterocycles. The fourth-order valence-electron chi connectivity index (χ4n) is 4.82. The molecule has 5 rings (SSSR count). The van der Waals surface area contributed by atoms with Crippen LogP contribution >= 0.6 is 0 Å². The highest BCUT2D eigenvalue weighted by molar-refractivity contribution is 6.03. The fraction of sp³-hybridized carbons (Fsp3) is 0.259. The molecule has 3 aromatic rings. The number of nitrogens with zero attached hydrogens (tertiary/aromatic N) is 2. The number of carboxylic acids is 1. The number of fused-ring (bicyclic) bond motifs is 3. The molecule has 3 aromatic carbocycles. The molecule has 2 heterocycles. The number of hydrogen-bond donors (Lipinski definition) is 1. The van der Waals surface area contributed by atoms with Crippen molar-refractivity contribution in [1.29, 1.82) is 0 Å². The number of methoxy groups -OCH3 is 2. The van der Waals surface area contributed by atoms with Gasteiger partial charge in [-0.15, -0.1) is 0 Å². The van der Waals surface area contributed by atoms with E-state index < -0.39 is 12.2 Å². The highest BCUT2D eigenvalue weighted by Gasteiger charge is 2.43. The Morgan fingerprint density at radius 3 is 2.59 bits per heavy atom. The normalized spacial score (nSPS) is 18.5. The maximum absolute atomic E-state index is 12.4. The van der Waals surface area contributed by atoms with Crippen molar-refractivity contribution in [3.8, 4) is 17.2 Å². The maximum atomic E-state index is 12.4. The third-order valence-electron chi connectivity index (χ3n) is 6.46. The van der Waals surface area contributed by atoms with Crippen molar-refractivity contribution in [2.75, 3.05) is 14.2 Å². The van der Waals surface area contributed by atoms with Gasteiger partial charge in [0.15, 0.2) is 11.5 Å².